The summed E-state index contributed by atoms with van der Waals surface area (Å²) in [6.45, 7) is 6.21. The number of anilines is 2. The van der Waals surface area contributed by atoms with Crippen LogP contribution in [-0.4, -0.2) is 77.9 Å². The highest BCUT2D eigenvalue weighted by Gasteiger charge is 2.34. The molecular formula is C23H29Cl2N4O4+. The Hall–Kier alpha value is -2.20. The lowest BCUT2D eigenvalue weighted by Gasteiger charge is -2.41. The van der Waals surface area contributed by atoms with Crippen molar-refractivity contribution in [1.82, 2.24) is 4.90 Å². The largest absolute Gasteiger partial charge is 0.316 e. The third kappa shape index (κ3) is 6.23. The Labute approximate surface area is 203 Å². The maximum absolute atomic E-state index is 12.7. The van der Waals surface area contributed by atoms with Gasteiger partial charge in [-0.25, -0.2) is 0 Å². The van der Waals surface area contributed by atoms with E-state index in [0.717, 1.165) is 11.1 Å². The zero-order chi connectivity index (χ0) is 24.3. The number of quaternary nitrogens is 1. The number of benzene rings is 2. The Balaban J connectivity index is 1.53. The number of halogens is 2. The monoisotopic (exact) mass is 495 g/mol. The lowest BCUT2D eigenvalue weighted by atomic mass is 10.2. The van der Waals surface area contributed by atoms with Crippen LogP contribution in [0, 0.1) is 13.8 Å². The van der Waals surface area contributed by atoms with Crippen LogP contribution in [0.15, 0.2) is 36.4 Å². The fourth-order valence-electron chi connectivity index (χ4n) is 3.67. The Morgan fingerprint density at radius 1 is 0.909 bits per heavy atom. The topological polar surface area (TPSA) is 84.3 Å². The van der Waals surface area contributed by atoms with Crippen molar-refractivity contribution in [3.8, 4) is 0 Å². The van der Waals surface area contributed by atoms with Gasteiger partial charge in [-0.05, 0) is 49.2 Å². The number of carbonyl (C=O) groups is 2. The normalized spacial score (nSPS) is 15.8. The van der Waals surface area contributed by atoms with Crippen molar-refractivity contribution in [1.29, 1.82) is 0 Å². The summed E-state index contributed by atoms with van der Waals surface area (Å²) in [7, 11) is 1.94. The van der Waals surface area contributed by atoms with Gasteiger partial charge in [0.25, 0.3) is 5.91 Å². The number of nitrogens with zero attached hydrogens (tertiary/aromatic N) is 4. The summed E-state index contributed by atoms with van der Waals surface area (Å²) in [6, 6.07) is 9.87. The number of carbonyl (C=O) groups excluding carboxylic acids is 2. The molecule has 33 heavy (non-hydrogen) atoms. The number of amides is 2. The Morgan fingerprint density at radius 3 is 1.82 bits per heavy atom. The molecule has 0 spiro atoms. The van der Waals surface area contributed by atoms with Crippen LogP contribution in [0.4, 0.5) is 11.4 Å². The van der Waals surface area contributed by atoms with E-state index in [4.69, 9.17) is 23.2 Å². The molecule has 0 unspecified atom stereocenters. The standard InChI is InChI=1S/C23H29Cl2N4O4/c1-16-4-6-18(12-20(16)24)27(32)22(30)14-26-8-10-29(3,11-9-26)15-23(31)28(33)19-7-5-17(2)21(25)13-19/h4-7,12-13,32-33H,8-11,14-15H2,1-3H3/q+1. The van der Waals surface area contributed by atoms with Gasteiger partial charge in [-0.3, -0.25) is 24.9 Å². The molecule has 8 nitrogen and oxygen atoms in total. The van der Waals surface area contributed by atoms with Crippen molar-refractivity contribution in [2.45, 2.75) is 13.8 Å². The molecule has 3 rings (SSSR count). The number of likely N-dealkylation sites (N-methyl/N-ethyl adjacent to an activating group) is 1. The molecule has 178 valence electrons. The minimum atomic E-state index is -0.458. The zero-order valence-electron chi connectivity index (χ0n) is 19.0. The second-order valence-corrected chi connectivity index (χ2v) is 9.59. The van der Waals surface area contributed by atoms with Crippen LogP contribution in [0.1, 0.15) is 11.1 Å². The first kappa shape index (κ1) is 25.4. The summed E-state index contributed by atoms with van der Waals surface area (Å²) < 4.78 is 0.427. The molecular weight excluding hydrogens is 467 g/mol. The van der Waals surface area contributed by atoms with E-state index in [9.17, 15) is 20.0 Å². The van der Waals surface area contributed by atoms with E-state index in [-0.39, 0.29) is 13.1 Å². The summed E-state index contributed by atoms with van der Waals surface area (Å²) in [6.07, 6.45) is 0. The molecule has 2 N–H and O–H groups in total. The second kappa shape index (κ2) is 10.4. The van der Waals surface area contributed by atoms with Crippen LogP contribution in [0.5, 0.6) is 0 Å². The van der Waals surface area contributed by atoms with Crippen molar-refractivity contribution < 1.29 is 24.5 Å². The molecule has 1 heterocycles. The van der Waals surface area contributed by atoms with E-state index in [1.54, 1.807) is 36.4 Å². The van der Waals surface area contributed by atoms with E-state index >= 15 is 0 Å². The highest BCUT2D eigenvalue weighted by molar-refractivity contribution is 6.32. The Morgan fingerprint density at radius 2 is 1.36 bits per heavy atom. The Kier molecular flexibility index (Phi) is 8.00. The lowest BCUT2D eigenvalue weighted by molar-refractivity contribution is -0.906. The highest BCUT2D eigenvalue weighted by atomic mass is 35.5. The molecule has 0 aromatic heterocycles. The summed E-state index contributed by atoms with van der Waals surface area (Å²) in [5.41, 5.74) is 2.36. The molecule has 1 fully saturated rings. The van der Waals surface area contributed by atoms with Crippen LogP contribution in [0.3, 0.4) is 0 Å². The van der Waals surface area contributed by atoms with Crippen LogP contribution in [0.25, 0.3) is 0 Å². The van der Waals surface area contributed by atoms with Gasteiger partial charge >= 0.3 is 5.91 Å². The molecule has 0 bridgehead atoms. The molecule has 1 aliphatic heterocycles. The summed E-state index contributed by atoms with van der Waals surface area (Å²) in [5.74, 6) is -0.889. The molecule has 2 amide bonds. The fraction of sp³-hybridized carbons (Fsp3) is 0.391. The molecule has 0 aliphatic carbocycles. The SMILES string of the molecule is Cc1ccc(N(O)C(=O)CN2CC[N+](C)(CC(=O)N(O)c3ccc(C)c(Cl)c3)CC2)cc1Cl. The van der Waals surface area contributed by atoms with Crippen molar-refractivity contribution in [2.24, 2.45) is 0 Å². The minimum absolute atomic E-state index is 0.0456. The average molecular weight is 496 g/mol. The van der Waals surface area contributed by atoms with Crippen molar-refractivity contribution >= 4 is 46.4 Å². The van der Waals surface area contributed by atoms with E-state index < -0.39 is 11.8 Å². The number of hydrogen-bond donors (Lipinski definition) is 2. The predicted octanol–water partition coefficient (Wildman–Crippen LogP) is 3.52. The van der Waals surface area contributed by atoms with Gasteiger partial charge in [-0.2, -0.15) is 10.1 Å². The first-order valence-corrected chi connectivity index (χ1v) is 11.4. The van der Waals surface area contributed by atoms with Gasteiger partial charge < -0.3 is 4.48 Å². The zero-order valence-corrected chi connectivity index (χ0v) is 20.5. The number of aryl methyl sites for hydroxylation is 2. The first-order chi connectivity index (χ1) is 15.5. The maximum Gasteiger partial charge on any atom is 0.305 e. The van der Waals surface area contributed by atoms with Crippen LogP contribution >= 0.6 is 23.2 Å². The summed E-state index contributed by atoms with van der Waals surface area (Å²) in [5, 5.41) is 22.8. The van der Waals surface area contributed by atoms with Crippen molar-refractivity contribution in [2.75, 3.05) is 56.4 Å². The third-order valence-corrected chi connectivity index (χ3v) is 6.87. The highest BCUT2D eigenvalue weighted by Crippen LogP contribution is 2.24. The molecule has 1 saturated heterocycles. The molecule has 2 aromatic rings. The first-order valence-electron chi connectivity index (χ1n) is 10.6. The number of piperazine rings is 1. The number of hydroxylamine groups is 2. The molecule has 0 atom stereocenters. The summed E-state index contributed by atoms with van der Waals surface area (Å²) in [4.78, 5) is 27.1. The molecule has 0 radical (unpaired) electrons. The van der Waals surface area contributed by atoms with E-state index in [1.165, 1.54) is 0 Å². The minimum Gasteiger partial charge on any atom is -0.316 e. The predicted molar refractivity (Wildman–Crippen MR) is 128 cm³/mol. The van der Waals surface area contributed by atoms with Crippen LogP contribution in [0.2, 0.25) is 10.0 Å². The van der Waals surface area contributed by atoms with Gasteiger partial charge in [0.05, 0.1) is 38.1 Å². The molecule has 0 saturated carbocycles. The van der Waals surface area contributed by atoms with Gasteiger partial charge in [0.15, 0.2) is 6.54 Å². The Bertz CT molecular complexity index is 1040. The average Bonchev–Trinajstić information content (AvgIpc) is 2.78. The van der Waals surface area contributed by atoms with Gasteiger partial charge in [0, 0.05) is 23.1 Å². The number of rotatable bonds is 6. The van der Waals surface area contributed by atoms with E-state index in [1.807, 2.05) is 25.8 Å². The van der Waals surface area contributed by atoms with E-state index in [2.05, 4.69) is 0 Å². The maximum atomic E-state index is 12.7. The molecule has 2 aromatic carbocycles. The van der Waals surface area contributed by atoms with Gasteiger partial charge in [-0.15, -0.1) is 0 Å². The summed E-state index contributed by atoms with van der Waals surface area (Å²) >= 11 is 12.2. The third-order valence-electron chi connectivity index (χ3n) is 6.06. The molecule has 10 heteroatoms. The number of hydrogen-bond acceptors (Lipinski definition) is 5. The van der Waals surface area contributed by atoms with Crippen molar-refractivity contribution in [3.05, 3.63) is 57.6 Å². The van der Waals surface area contributed by atoms with Crippen LogP contribution < -0.4 is 10.1 Å². The smallest absolute Gasteiger partial charge is 0.305 e. The van der Waals surface area contributed by atoms with Gasteiger partial charge in [0.1, 0.15) is 0 Å². The van der Waals surface area contributed by atoms with Gasteiger partial charge in [-0.1, -0.05) is 35.3 Å². The van der Waals surface area contributed by atoms with Gasteiger partial charge in [0.2, 0.25) is 0 Å². The van der Waals surface area contributed by atoms with Crippen molar-refractivity contribution in [3.63, 3.8) is 0 Å². The van der Waals surface area contributed by atoms with E-state index in [0.29, 0.717) is 62.2 Å². The fourth-order valence-corrected chi connectivity index (χ4v) is 4.02. The second-order valence-electron chi connectivity index (χ2n) is 8.78. The molecule has 1 aliphatic rings. The quantitative estimate of drug-likeness (QED) is 0.363. The van der Waals surface area contributed by atoms with Crippen LogP contribution in [-0.2, 0) is 9.59 Å². The lowest BCUT2D eigenvalue weighted by Crippen LogP contribution is -2.61.